The maximum Gasteiger partial charge on any atom is 0.294 e. The smallest absolute Gasteiger partial charge is 0.294 e. The summed E-state index contributed by atoms with van der Waals surface area (Å²) in [7, 11) is 0. The van der Waals surface area contributed by atoms with Crippen LogP contribution in [0.25, 0.3) is 17.1 Å². The summed E-state index contributed by atoms with van der Waals surface area (Å²) in [6.07, 6.45) is 2.84. The lowest BCUT2D eigenvalue weighted by atomic mass is 10.1. The number of nitrogens with two attached hydrogens (primary N) is 1. The van der Waals surface area contributed by atoms with E-state index in [1.54, 1.807) is 30.3 Å². The van der Waals surface area contributed by atoms with Gasteiger partial charge in [0.05, 0.1) is 12.5 Å². The molecule has 0 radical (unpaired) electrons. The molecule has 4 aromatic rings. The maximum atomic E-state index is 12.8. The molecule has 13 heteroatoms. The Bertz CT molecular complexity index is 1240. The van der Waals surface area contributed by atoms with Crippen LogP contribution in [0, 0.1) is 0 Å². The number of fused-ring (bicyclic) bond motifs is 1. The number of hydrazone groups is 1. The quantitative estimate of drug-likeness (QED) is 0.358. The van der Waals surface area contributed by atoms with Crippen molar-refractivity contribution in [2.75, 3.05) is 12.5 Å². The first-order valence-corrected chi connectivity index (χ1v) is 8.52. The number of benzene rings is 1. The number of carbonyl (C=O) groups excluding carboxylic acids is 1. The highest BCUT2D eigenvalue weighted by Gasteiger charge is 2.26. The molecule has 0 bridgehead atoms. The molecule has 150 valence electrons. The number of rotatable bonds is 5. The van der Waals surface area contributed by atoms with E-state index in [1.165, 1.54) is 17.2 Å². The number of ether oxygens (including phenoxy) is 2. The number of anilines is 1. The maximum absolute atomic E-state index is 12.8. The predicted octanol–water partition coefficient (Wildman–Crippen LogP) is 0.985. The van der Waals surface area contributed by atoms with Crippen LogP contribution in [0.1, 0.15) is 16.2 Å². The van der Waals surface area contributed by atoms with Gasteiger partial charge in [0, 0.05) is 5.56 Å². The van der Waals surface area contributed by atoms with Crippen LogP contribution in [0.4, 0.5) is 5.82 Å². The first kappa shape index (κ1) is 17.4. The van der Waals surface area contributed by atoms with E-state index in [4.69, 9.17) is 19.6 Å². The standard InChI is InChI=1S/C17H12N8O5/c18-15-16(23-30-22-15)25-14(9-3-4-11-12(6-9)29-8-28-11)13(20-24-25)17(26)21-19-7-10-2-1-5-27-10/h1-7H,8H2,(H2,18,22)(H,21,26)/b19-7+. The minimum Gasteiger partial charge on any atom is -0.463 e. The van der Waals surface area contributed by atoms with Crippen molar-refractivity contribution in [2.24, 2.45) is 5.10 Å². The molecular weight excluding hydrogens is 396 g/mol. The second-order valence-corrected chi connectivity index (χ2v) is 5.95. The molecule has 1 amide bonds. The monoisotopic (exact) mass is 408 g/mol. The molecule has 0 saturated heterocycles. The number of amides is 1. The fourth-order valence-corrected chi connectivity index (χ4v) is 2.80. The molecule has 3 N–H and O–H groups in total. The molecule has 1 aromatic carbocycles. The molecule has 0 saturated carbocycles. The van der Waals surface area contributed by atoms with Crippen molar-refractivity contribution in [1.29, 1.82) is 0 Å². The zero-order chi connectivity index (χ0) is 20.5. The number of carbonyl (C=O) groups is 1. The minimum atomic E-state index is -0.619. The zero-order valence-corrected chi connectivity index (χ0v) is 15.1. The summed E-state index contributed by atoms with van der Waals surface area (Å²) in [6.45, 7) is 0.102. The normalized spacial score (nSPS) is 12.5. The lowest BCUT2D eigenvalue weighted by Gasteiger charge is -2.06. The molecule has 0 atom stereocenters. The number of nitrogens with zero attached hydrogens (tertiary/aromatic N) is 6. The number of hydrogen-bond acceptors (Lipinski definition) is 11. The van der Waals surface area contributed by atoms with Gasteiger partial charge < -0.3 is 19.6 Å². The van der Waals surface area contributed by atoms with Gasteiger partial charge in [-0.15, -0.1) is 5.10 Å². The molecule has 0 unspecified atom stereocenters. The van der Waals surface area contributed by atoms with Crippen LogP contribution in [-0.2, 0) is 0 Å². The van der Waals surface area contributed by atoms with Crippen molar-refractivity contribution in [3.8, 4) is 28.6 Å². The van der Waals surface area contributed by atoms with Gasteiger partial charge in [0.15, 0.2) is 17.2 Å². The number of nitrogen functional groups attached to an aromatic ring is 1. The van der Waals surface area contributed by atoms with Crippen LogP contribution < -0.4 is 20.6 Å². The average molecular weight is 408 g/mol. The third-order valence-corrected chi connectivity index (χ3v) is 4.13. The Balaban J connectivity index is 1.55. The van der Waals surface area contributed by atoms with E-state index < -0.39 is 5.91 Å². The van der Waals surface area contributed by atoms with Gasteiger partial charge in [-0.05, 0) is 40.6 Å². The molecule has 0 spiro atoms. The first-order chi connectivity index (χ1) is 14.7. The molecule has 3 aromatic heterocycles. The second kappa shape index (κ2) is 7.05. The Kier molecular flexibility index (Phi) is 4.09. The summed E-state index contributed by atoms with van der Waals surface area (Å²) in [4.78, 5) is 12.8. The van der Waals surface area contributed by atoms with E-state index in [-0.39, 0.29) is 29.8 Å². The number of furan rings is 1. The van der Waals surface area contributed by atoms with Crippen molar-refractivity contribution >= 4 is 17.9 Å². The van der Waals surface area contributed by atoms with E-state index in [1.807, 2.05) is 0 Å². The summed E-state index contributed by atoms with van der Waals surface area (Å²) in [6, 6.07) is 8.49. The van der Waals surface area contributed by atoms with E-state index in [9.17, 15) is 4.79 Å². The Labute approximate surface area is 167 Å². The fraction of sp³-hybridized carbons (Fsp3) is 0.0588. The SMILES string of the molecule is Nc1nonc1-n1nnc(C(=O)N/N=C/c2ccco2)c1-c1ccc2c(c1)OCO2. The van der Waals surface area contributed by atoms with E-state index in [0.717, 1.165) is 0 Å². The Morgan fingerprint density at radius 1 is 1.23 bits per heavy atom. The lowest BCUT2D eigenvalue weighted by molar-refractivity contribution is 0.0950. The third-order valence-electron chi connectivity index (χ3n) is 4.13. The van der Waals surface area contributed by atoms with Crippen molar-refractivity contribution in [2.45, 2.75) is 0 Å². The van der Waals surface area contributed by atoms with Crippen molar-refractivity contribution in [3.05, 3.63) is 48.0 Å². The van der Waals surface area contributed by atoms with Crippen LogP contribution in [0.15, 0.2) is 50.7 Å². The van der Waals surface area contributed by atoms with Gasteiger partial charge in [0.2, 0.25) is 18.4 Å². The van der Waals surface area contributed by atoms with Crippen LogP contribution in [0.5, 0.6) is 11.5 Å². The highest BCUT2D eigenvalue weighted by atomic mass is 16.7. The Morgan fingerprint density at radius 3 is 2.93 bits per heavy atom. The van der Waals surface area contributed by atoms with E-state index in [0.29, 0.717) is 22.8 Å². The van der Waals surface area contributed by atoms with Gasteiger partial charge in [-0.1, -0.05) is 5.21 Å². The summed E-state index contributed by atoms with van der Waals surface area (Å²) in [5, 5.41) is 19.1. The molecule has 4 heterocycles. The van der Waals surface area contributed by atoms with Gasteiger partial charge in [-0.2, -0.15) is 9.78 Å². The van der Waals surface area contributed by atoms with Crippen LogP contribution >= 0.6 is 0 Å². The highest BCUT2D eigenvalue weighted by Crippen LogP contribution is 2.37. The zero-order valence-electron chi connectivity index (χ0n) is 15.1. The van der Waals surface area contributed by atoms with Crippen molar-refractivity contribution in [1.82, 2.24) is 30.7 Å². The van der Waals surface area contributed by atoms with Gasteiger partial charge in [-0.3, -0.25) is 4.79 Å². The largest absolute Gasteiger partial charge is 0.463 e. The predicted molar refractivity (Wildman–Crippen MR) is 99.0 cm³/mol. The molecule has 0 aliphatic carbocycles. The topological polar surface area (TPSA) is 169 Å². The van der Waals surface area contributed by atoms with Gasteiger partial charge in [0.1, 0.15) is 11.5 Å². The van der Waals surface area contributed by atoms with Crippen LogP contribution in [0.3, 0.4) is 0 Å². The highest BCUT2D eigenvalue weighted by molar-refractivity contribution is 5.98. The molecule has 13 nitrogen and oxygen atoms in total. The molecule has 0 fully saturated rings. The summed E-state index contributed by atoms with van der Waals surface area (Å²) >= 11 is 0. The van der Waals surface area contributed by atoms with E-state index in [2.05, 4.69) is 35.8 Å². The van der Waals surface area contributed by atoms with E-state index >= 15 is 0 Å². The molecule has 5 rings (SSSR count). The first-order valence-electron chi connectivity index (χ1n) is 8.52. The minimum absolute atomic E-state index is 0.0234. The molecule has 1 aliphatic heterocycles. The molecule has 30 heavy (non-hydrogen) atoms. The fourth-order valence-electron chi connectivity index (χ4n) is 2.80. The summed E-state index contributed by atoms with van der Waals surface area (Å²) < 4.78 is 21.8. The summed E-state index contributed by atoms with van der Waals surface area (Å²) in [5.41, 5.74) is 8.97. The molecule has 1 aliphatic rings. The lowest BCUT2D eigenvalue weighted by Crippen LogP contribution is -2.19. The Morgan fingerprint density at radius 2 is 2.13 bits per heavy atom. The van der Waals surface area contributed by atoms with Crippen LogP contribution in [-0.4, -0.2) is 44.2 Å². The second-order valence-electron chi connectivity index (χ2n) is 5.95. The van der Waals surface area contributed by atoms with Gasteiger partial charge >= 0.3 is 0 Å². The van der Waals surface area contributed by atoms with Crippen molar-refractivity contribution in [3.63, 3.8) is 0 Å². The number of hydrogen-bond donors (Lipinski definition) is 2. The number of aromatic nitrogens is 5. The van der Waals surface area contributed by atoms with Gasteiger partial charge in [-0.25, -0.2) is 10.1 Å². The molecular formula is C17H12N8O5. The van der Waals surface area contributed by atoms with Gasteiger partial charge in [0.25, 0.3) is 5.91 Å². The average Bonchev–Trinajstić information content (AvgIpc) is 3.53. The third kappa shape index (κ3) is 2.99. The Hall–Kier alpha value is -4.68. The van der Waals surface area contributed by atoms with Crippen molar-refractivity contribution < 1.29 is 23.3 Å². The van der Waals surface area contributed by atoms with Crippen LogP contribution in [0.2, 0.25) is 0 Å². The summed E-state index contributed by atoms with van der Waals surface area (Å²) in [5.74, 6) is 0.990. The number of nitrogens with one attached hydrogen (secondary N) is 1.